The van der Waals surface area contributed by atoms with Crippen LogP contribution in [0.1, 0.15) is 11.7 Å². The van der Waals surface area contributed by atoms with Gasteiger partial charge in [-0.25, -0.2) is 4.39 Å². The lowest BCUT2D eigenvalue weighted by Crippen LogP contribution is -2.28. The van der Waals surface area contributed by atoms with E-state index < -0.39 is 0 Å². The number of rotatable bonds is 4. The van der Waals surface area contributed by atoms with Crippen LogP contribution in [0, 0.1) is 5.82 Å². The first-order valence-corrected chi connectivity index (χ1v) is 4.41. The molecule has 1 rings (SSSR count). The highest BCUT2D eigenvalue weighted by Crippen LogP contribution is 2.20. The SMILES string of the molecule is CNC(NC)c1ccc(OC)c(F)c1. The molecule has 0 heterocycles. The van der Waals surface area contributed by atoms with Crippen molar-refractivity contribution in [2.45, 2.75) is 6.17 Å². The highest BCUT2D eigenvalue weighted by atomic mass is 19.1. The fraction of sp³-hybridized carbons (Fsp3) is 0.400. The second-order valence-electron chi connectivity index (χ2n) is 2.90. The molecule has 4 heteroatoms. The van der Waals surface area contributed by atoms with Crippen molar-refractivity contribution in [1.29, 1.82) is 0 Å². The number of hydrogen-bond donors (Lipinski definition) is 2. The van der Waals surface area contributed by atoms with Gasteiger partial charge in [-0.1, -0.05) is 6.07 Å². The summed E-state index contributed by atoms with van der Waals surface area (Å²) < 4.78 is 18.1. The Balaban J connectivity index is 2.95. The van der Waals surface area contributed by atoms with Crippen LogP contribution in [-0.2, 0) is 0 Å². The maximum absolute atomic E-state index is 13.3. The van der Waals surface area contributed by atoms with Gasteiger partial charge in [0.15, 0.2) is 11.6 Å². The van der Waals surface area contributed by atoms with Crippen LogP contribution in [0.25, 0.3) is 0 Å². The Morgan fingerprint density at radius 2 is 1.93 bits per heavy atom. The van der Waals surface area contributed by atoms with Gasteiger partial charge in [-0.05, 0) is 31.8 Å². The summed E-state index contributed by atoms with van der Waals surface area (Å²) in [5, 5.41) is 6.03. The molecule has 0 radical (unpaired) electrons. The third-order valence-electron chi connectivity index (χ3n) is 2.09. The molecule has 0 amide bonds. The Hall–Kier alpha value is -1.13. The molecule has 0 unspecified atom stereocenters. The standard InChI is InChI=1S/C10H15FN2O/c1-12-10(13-2)7-4-5-9(14-3)8(11)6-7/h4-6,10,12-13H,1-3H3. The van der Waals surface area contributed by atoms with Crippen LogP contribution < -0.4 is 15.4 Å². The van der Waals surface area contributed by atoms with Gasteiger partial charge in [-0.3, -0.25) is 0 Å². The predicted octanol–water partition coefficient (Wildman–Crippen LogP) is 1.27. The third-order valence-corrected chi connectivity index (χ3v) is 2.09. The lowest BCUT2D eigenvalue weighted by molar-refractivity contribution is 0.385. The van der Waals surface area contributed by atoms with Gasteiger partial charge < -0.3 is 15.4 Å². The largest absolute Gasteiger partial charge is 0.494 e. The first-order chi connectivity index (χ1) is 6.72. The monoisotopic (exact) mass is 198 g/mol. The molecular formula is C10H15FN2O. The quantitative estimate of drug-likeness (QED) is 0.715. The Morgan fingerprint density at radius 3 is 2.36 bits per heavy atom. The summed E-state index contributed by atoms with van der Waals surface area (Å²) in [4.78, 5) is 0. The van der Waals surface area contributed by atoms with Gasteiger partial charge in [0.1, 0.15) is 0 Å². The van der Waals surface area contributed by atoms with Crippen molar-refractivity contribution in [3.63, 3.8) is 0 Å². The summed E-state index contributed by atoms with van der Waals surface area (Å²) in [6.07, 6.45) is -0.0459. The minimum absolute atomic E-state index is 0.0459. The Morgan fingerprint density at radius 1 is 1.29 bits per heavy atom. The van der Waals surface area contributed by atoms with E-state index >= 15 is 0 Å². The van der Waals surface area contributed by atoms with Crippen LogP contribution >= 0.6 is 0 Å². The minimum Gasteiger partial charge on any atom is -0.494 e. The maximum Gasteiger partial charge on any atom is 0.165 e. The van der Waals surface area contributed by atoms with Crippen LogP contribution in [0.5, 0.6) is 5.75 Å². The molecule has 0 atom stereocenters. The highest BCUT2D eigenvalue weighted by molar-refractivity contribution is 5.30. The van der Waals surface area contributed by atoms with E-state index in [9.17, 15) is 4.39 Å². The van der Waals surface area contributed by atoms with E-state index in [2.05, 4.69) is 10.6 Å². The lowest BCUT2D eigenvalue weighted by atomic mass is 10.1. The van der Waals surface area contributed by atoms with Gasteiger partial charge in [0.2, 0.25) is 0 Å². The van der Waals surface area contributed by atoms with Crippen LogP contribution in [0.2, 0.25) is 0 Å². The number of halogens is 1. The van der Waals surface area contributed by atoms with Crippen molar-refractivity contribution >= 4 is 0 Å². The van der Waals surface area contributed by atoms with Crippen molar-refractivity contribution in [1.82, 2.24) is 10.6 Å². The van der Waals surface area contributed by atoms with Gasteiger partial charge in [0, 0.05) is 0 Å². The molecule has 1 aromatic rings. The van der Waals surface area contributed by atoms with Crippen LogP contribution in [0.3, 0.4) is 0 Å². The highest BCUT2D eigenvalue weighted by Gasteiger charge is 2.09. The van der Waals surface area contributed by atoms with Crippen LogP contribution in [-0.4, -0.2) is 21.2 Å². The fourth-order valence-corrected chi connectivity index (χ4v) is 1.34. The molecule has 0 saturated carbocycles. The molecule has 0 aromatic heterocycles. The van der Waals surface area contributed by atoms with Gasteiger partial charge >= 0.3 is 0 Å². The molecule has 3 nitrogen and oxygen atoms in total. The average molecular weight is 198 g/mol. The van der Waals surface area contributed by atoms with Gasteiger partial charge in [0.05, 0.1) is 13.3 Å². The summed E-state index contributed by atoms with van der Waals surface area (Å²) >= 11 is 0. The molecule has 0 aliphatic carbocycles. The Kier molecular flexibility index (Phi) is 3.85. The van der Waals surface area contributed by atoms with Crippen molar-refractivity contribution in [2.75, 3.05) is 21.2 Å². The summed E-state index contributed by atoms with van der Waals surface area (Å²) in [5.74, 6) is -0.0831. The van der Waals surface area contributed by atoms with E-state index in [1.807, 2.05) is 20.2 Å². The second-order valence-corrected chi connectivity index (χ2v) is 2.90. The summed E-state index contributed by atoms with van der Waals surface area (Å²) in [5.41, 5.74) is 0.841. The molecule has 0 fully saturated rings. The topological polar surface area (TPSA) is 33.3 Å². The maximum atomic E-state index is 13.3. The zero-order chi connectivity index (χ0) is 10.6. The first-order valence-electron chi connectivity index (χ1n) is 4.41. The lowest BCUT2D eigenvalue weighted by Gasteiger charge is -2.16. The Bertz CT molecular complexity index is 300. The van der Waals surface area contributed by atoms with Gasteiger partial charge in [-0.2, -0.15) is 0 Å². The van der Waals surface area contributed by atoms with E-state index in [-0.39, 0.29) is 17.7 Å². The molecule has 0 aliphatic rings. The zero-order valence-electron chi connectivity index (χ0n) is 8.60. The fourth-order valence-electron chi connectivity index (χ4n) is 1.34. The molecule has 1 aromatic carbocycles. The van der Waals surface area contributed by atoms with E-state index in [1.165, 1.54) is 13.2 Å². The molecule has 78 valence electrons. The summed E-state index contributed by atoms with van der Waals surface area (Å²) in [6.45, 7) is 0. The van der Waals surface area contributed by atoms with E-state index in [4.69, 9.17) is 4.74 Å². The van der Waals surface area contributed by atoms with E-state index in [0.29, 0.717) is 0 Å². The summed E-state index contributed by atoms with van der Waals surface area (Å²) in [7, 11) is 5.07. The van der Waals surface area contributed by atoms with Crippen LogP contribution in [0.15, 0.2) is 18.2 Å². The number of benzene rings is 1. The number of nitrogens with one attached hydrogen (secondary N) is 2. The molecular weight excluding hydrogens is 183 g/mol. The zero-order valence-corrected chi connectivity index (χ0v) is 8.60. The van der Waals surface area contributed by atoms with Gasteiger partial charge in [0.25, 0.3) is 0 Å². The van der Waals surface area contributed by atoms with Crippen LogP contribution in [0.4, 0.5) is 4.39 Å². The summed E-state index contributed by atoms with van der Waals surface area (Å²) in [6, 6.07) is 4.89. The van der Waals surface area contributed by atoms with Crippen molar-refractivity contribution in [2.24, 2.45) is 0 Å². The van der Waals surface area contributed by atoms with Crippen molar-refractivity contribution < 1.29 is 9.13 Å². The third kappa shape index (κ3) is 2.21. The molecule has 2 N–H and O–H groups in total. The molecule has 14 heavy (non-hydrogen) atoms. The van der Waals surface area contributed by atoms with Crippen molar-refractivity contribution in [3.8, 4) is 5.75 Å². The van der Waals surface area contributed by atoms with E-state index in [0.717, 1.165) is 5.56 Å². The minimum atomic E-state index is -0.347. The number of methoxy groups -OCH3 is 1. The van der Waals surface area contributed by atoms with Gasteiger partial charge in [-0.15, -0.1) is 0 Å². The predicted molar refractivity (Wildman–Crippen MR) is 53.8 cm³/mol. The Labute approximate surface area is 83.3 Å². The average Bonchev–Trinajstić information content (AvgIpc) is 2.20. The smallest absolute Gasteiger partial charge is 0.165 e. The molecule has 0 aliphatic heterocycles. The molecule has 0 bridgehead atoms. The normalized spacial score (nSPS) is 10.6. The van der Waals surface area contributed by atoms with Crippen molar-refractivity contribution in [3.05, 3.63) is 29.6 Å². The number of hydrogen-bond acceptors (Lipinski definition) is 3. The molecule has 0 spiro atoms. The number of ether oxygens (including phenoxy) is 1. The second kappa shape index (κ2) is 4.93. The first kappa shape index (κ1) is 10.9. The molecule has 0 saturated heterocycles. The van der Waals surface area contributed by atoms with E-state index in [1.54, 1.807) is 6.07 Å².